The lowest BCUT2D eigenvalue weighted by molar-refractivity contribution is 0.0719. The highest BCUT2D eigenvalue weighted by Crippen LogP contribution is 2.37. The Bertz CT molecular complexity index is 858. The van der Waals surface area contributed by atoms with E-state index < -0.39 is 8.32 Å². The molecule has 3 aromatic rings. The topological polar surface area (TPSA) is 46.5 Å². The summed E-state index contributed by atoms with van der Waals surface area (Å²) in [4.78, 5) is 13.1. The third kappa shape index (κ3) is 3.66. The summed E-state index contributed by atoms with van der Waals surface area (Å²) in [6.07, 6.45) is 0. The van der Waals surface area contributed by atoms with Gasteiger partial charge in [-0.3, -0.25) is 0 Å². The molecule has 3 aromatic carbocycles. The van der Waals surface area contributed by atoms with Crippen molar-refractivity contribution in [2.75, 3.05) is 0 Å². The van der Waals surface area contributed by atoms with Gasteiger partial charge in [0.15, 0.2) is 0 Å². The van der Waals surface area contributed by atoms with Crippen molar-refractivity contribution < 1.29 is 14.3 Å². The average Bonchev–Trinajstić information content (AvgIpc) is 2.67. The van der Waals surface area contributed by atoms with Crippen LogP contribution in [0.4, 0.5) is 0 Å². The van der Waals surface area contributed by atoms with Crippen LogP contribution in [-0.2, 0) is 4.43 Å². The zero-order chi connectivity index (χ0) is 19.5. The molecule has 3 nitrogen and oxygen atoms in total. The predicted octanol–water partition coefficient (Wildman–Crippen LogP) is 4.11. The highest BCUT2D eigenvalue weighted by Gasteiger charge is 2.53. The Morgan fingerprint density at radius 3 is 1.63 bits per heavy atom. The Hall–Kier alpha value is -2.85. The maximum atomic E-state index is 13.1. The summed E-state index contributed by atoms with van der Waals surface area (Å²) in [5.74, 6) is -0.249. The number of hydrogen-bond donors (Lipinski definition) is 1. The molecule has 0 saturated heterocycles. The highest BCUT2D eigenvalue weighted by atomic mass is 28.4. The molecule has 27 heavy (non-hydrogen) atoms. The molecule has 0 spiro atoms. The number of carbonyl (C=O) groups excluding carboxylic acids is 1. The van der Waals surface area contributed by atoms with Crippen LogP contribution in [0.5, 0.6) is 5.75 Å². The second-order valence-electron chi connectivity index (χ2n) is 7.60. The molecule has 0 unspecified atom stereocenters. The lowest BCUT2D eigenvalue weighted by Gasteiger charge is -2.42. The van der Waals surface area contributed by atoms with Gasteiger partial charge >= 0.3 is 14.3 Å². The molecule has 0 atom stereocenters. The first-order valence-electron chi connectivity index (χ1n) is 8.98. The van der Waals surface area contributed by atoms with Crippen LogP contribution in [0.1, 0.15) is 31.1 Å². The summed E-state index contributed by atoms with van der Waals surface area (Å²) >= 11 is 0. The van der Waals surface area contributed by atoms with Gasteiger partial charge in [0, 0.05) is 0 Å². The zero-order valence-electron chi connectivity index (χ0n) is 15.8. The molecule has 0 amide bonds. The average molecular weight is 377 g/mol. The molecule has 0 heterocycles. The predicted molar refractivity (Wildman–Crippen MR) is 111 cm³/mol. The third-order valence-electron chi connectivity index (χ3n) is 4.77. The second kappa shape index (κ2) is 7.41. The van der Waals surface area contributed by atoms with E-state index in [1.54, 1.807) is 12.1 Å². The summed E-state index contributed by atoms with van der Waals surface area (Å²) in [7, 11) is -2.92. The molecule has 0 radical (unpaired) electrons. The van der Waals surface area contributed by atoms with E-state index in [1.165, 1.54) is 12.1 Å². The van der Waals surface area contributed by atoms with E-state index in [0.717, 1.165) is 10.4 Å². The number of benzene rings is 3. The van der Waals surface area contributed by atoms with Crippen LogP contribution < -0.4 is 10.4 Å². The van der Waals surface area contributed by atoms with Gasteiger partial charge in [-0.05, 0) is 39.7 Å². The van der Waals surface area contributed by atoms with Gasteiger partial charge in [-0.25, -0.2) is 4.79 Å². The van der Waals surface area contributed by atoms with Gasteiger partial charge in [0.05, 0.1) is 5.56 Å². The summed E-state index contributed by atoms with van der Waals surface area (Å²) in [5, 5.41) is 11.3. The third-order valence-corrected chi connectivity index (χ3v) is 9.66. The Balaban J connectivity index is 2.17. The number of phenolic OH excluding ortho intramolecular Hbond substituents is 1. The smallest absolute Gasteiger partial charge is 0.325 e. The fourth-order valence-corrected chi connectivity index (χ4v) is 7.77. The van der Waals surface area contributed by atoms with Gasteiger partial charge in [-0.1, -0.05) is 81.4 Å². The number of carbonyl (C=O) groups is 1. The zero-order valence-corrected chi connectivity index (χ0v) is 16.8. The molecule has 0 saturated carbocycles. The van der Waals surface area contributed by atoms with E-state index in [0.29, 0.717) is 5.56 Å². The lowest BCUT2D eigenvalue weighted by atomic mass is 10.2. The van der Waals surface area contributed by atoms with Gasteiger partial charge in [0.2, 0.25) is 0 Å². The minimum atomic E-state index is -2.92. The maximum Gasteiger partial charge on any atom is 0.325 e. The first-order valence-corrected chi connectivity index (χ1v) is 10.9. The minimum absolute atomic E-state index is 0.122. The fourth-order valence-electron chi connectivity index (χ4n) is 3.44. The molecule has 0 bridgehead atoms. The number of aromatic hydroxyl groups is 1. The van der Waals surface area contributed by atoms with E-state index in [1.807, 2.05) is 36.4 Å². The normalized spacial score (nSPS) is 11.8. The number of hydrogen-bond acceptors (Lipinski definition) is 3. The van der Waals surface area contributed by atoms with Gasteiger partial charge in [0.25, 0.3) is 0 Å². The van der Waals surface area contributed by atoms with E-state index in [-0.39, 0.29) is 16.8 Å². The summed E-state index contributed by atoms with van der Waals surface area (Å²) < 4.78 is 6.42. The van der Waals surface area contributed by atoms with Gasteiger partial charge < -0.3 is 9.53 Å². The second-order valence-corrected chi connectivity index (χ2v) is 11.8. The molecular weight excluding hydrogens is 352 g/mol. The fraction of sp³-hybridized carbons (Fsp3) is 0.174. The first kappa shape index (κ1) is 18.9. The lowest BCUT2D eigenvalue weighted by Crippen LogP contribution is -2.67. The van der Waals surface area contributed by atoms with Crippen LogP contribution in [0.3, 0.4) is 0 Å². The molecule has 0 fully saturated rings. The van der Waals surface area contributed by atoms with Gasteiger partial charge in [-0.2, -0.15) is 0 Å². The highest BCUT2D eigenvalue weighted by molar-refractivity contribution is 7.00. The van der Waals surface area contributed by atoms with Gasteiger partial charge in [-0.15, -0.1) is 0 Å². The van der Waals surface area contributed by atoms with Crippen LogP contribution in [0, 0.1) is 0 Å². The Morgan fingerprint density at radius 1 is 0.778 bits per heavy atom. The molecule has 0 aromatic heterocycles. The van der Waals surface area contributed by atoms with Crippen LogP contribution in [0.25, 0.3) is 0 Å². The van der Waals surface area contributed by atoms with Gasteiger partial charge in [0.1, 0.15) is 5.75 Å². The van der Waals surface area contributed by atoms with Crippen molar-refractivity contribution in [1.82, 2.24) is 0 Å². The van der Waals surface area contributed by atoms with E-state index in [2.05, 4.69) is 45.0 Å². The van der Waals surface area contributed by atoms with Crippen molar-refractivity contribution in [2.45, 2.75) is 25.8 Å². The van der Waals surface area contributed by atoms with Crippen LogP contribution >= 0.6 is 0 Å². The maximum absolute atomic E-state index is 13.1. The van der Waals surface area contributed by atoms with Crippen molar-refractivity contribution in [1.29, 1.82) is 0 Å². The van der Waals surface area contributed by atoms with E-state index in [9.17, 15) is 9.90 Å². The first-order chi connectivity index (χ1) is 12.8. The SMILES string of the molecule is CC(C)(C)[Si](OC(=O)c1ccc(O)cc1)(c1ccccc1)c1ccccc1. The van der Waals surface area contributed by atoms with Crippen LogP contribution in [-0.4, -0.2) is 19.4 Å². The monoisotopic (exact) mass is 376 g/mol. The van der Waals surface area contributed by atoms with Crippen molar-refractivity contribution >= 4 is 24.7 Å². The number of rotatable bonds is 4. The summed E-state index contributed by atoms with van der Waals surface area (Å²) in [6, 6.07) is 26.3. The minimum Gasteiger partial charge on any atom is -0.508 e. The largest absolute Gasteiger partial charge is 0.508 e. The summed E-state index contributed by atoms with van der Waals surface area (Å²) in [5.41, 5.74) is 0.431. The molecule has 0 aliphatic rings. The van der Waals surface area contributed by atoms with E-state index >= 15 is 0 Å². The molecule has 4 heteroatoms. The Kier molecular flexibility index (Phi) is 5.19. The molecule has 3 rings (SSSR count). The van der Waals surface area contributed by atoms with E-state index in [4.69, 9.17) is 4.43 Å². The molecule has 0 aliphatic carbocycles. The standard InChI is InChI=1S/C23H24O3Si/c1-23(2,3)27(20-10-6-4-7-11-20,21-12-8-5-9-13-21)26-22(25)18-14-16-19(24)17-15-18/h4-17,24H,1-3H3. The molecular formula is C23H24O3Si. The van der Waals surface area contributed by atoms with Crippen molar-refractivity contribution in [3.8, 4) is 5.75 Å². The van der Waals surface area contributed by atoms with Crippen molar-refractivity contribution in [3.63, 3.8) is 0 Å². The van der Waals surface area contributed by atoms with Crippen molar-refractivity contribution in [2.24, 2.45) is 0 Å². The molecule has 1 N–H and O–H groups in total. The Morgan fingerprint density at radius 2 is 1.22 bits per heavy atom. The van der Waals surface area contributed by atoms with Crippen LogP contribution in [0.2, 0.25) is 5.04 Å². The molecule has 0 aliphatic heterocycles. The van der Waals surface area contributed by atoms with Crippen molar-refractivity contribution in [3.05, 3.63) is 90.5 Å². The quantitative estimate of drug-likeness (QED) is 0.697. The Labute approximate surface area is 161 Å². The summed E-state index contributed by atoms with van der Waals surface area (Å²) in [6.45, 7) is 6.38. The molecule has 138 valence electrons. The van der Waals surface area contributed by atoms with Crippen LogP contribution in [0.15, 0.2) is 84.9 Å². The number of phenols is 1.